The first-order valence-corrected chi connectivity index (χ1v) is 4.92. The largest absolute Gasteiger partial charge is 0.357 e. The molecule has 2 amide bonds. The number of amides is 2. The summed E-state index contributed by atoms with van der Waals surface area (Å²) in [6.07, 6.45) is 2.51. The lowest BCUT2D eigenvalue weighted by Crippen LogP contribution is -2.43. The number of carbonyl (C=O) groups is 2. The molecular formula is C9H11ClN4O2. The normalized spacial score (nSPS) is 11.7. The van der Waals surface area contributed by atoms with Gasteiger partial charge in [0.15, 0.2) is 0 Å². The molecule has 0 saturated carbocycles. The van der Waals surface area contributed by atoms with Crippen LogP contribution in [0.2, 0.25) is 5.15 Å². The molecule has 86 valence electrons. The summed E-state index contributed by atoms with van der Waals surface area (Å²) < 4.78 is 0. The van der Waals surface area contributed by atoms with Crippen molar-refractivity contribution in [3.63, 3.8) is 0 Å². The Balaban J connectivity index is 2.65. The van der Waals surface area contributed by atoms with Crippen LogP contribution in [0.25, 0.3) is 0 Å². The lowest BCUT2D eigenvalue weighted by molar-refractivity contribution is -0.122. The van der Waals surface area contributed by atoms with Gasteiger partial charge in [-0.2, -0.15) is 0 Å². The van der Waals surface area contributed by atoms with Crippen molar-refractivity contribution < 1.29 is 9.59 Å². The number of aromatic nitrogens is 2. The number of rotatable bonds is 3. The molecule has 0 fully saturated rings. The molecule has 1 rings (SSSR count). The van der Waals surface area contributed by atoms with E-state index >= 15 is 0 Å². The molecule has 7 heteroatoms. The monoisotopic (exact) mass is 242 g/mol. The highest BCUT2D eigenvalue weighted by Gasteiger charge is 2.16. The fraction of sp³-hybridized carbons (Fsp3) is 0.333. The lowest BCUT2D eigenvalue weighted by atomic mass is 10.3. The highest BCUT2D eigenvalue weighted by molar-refractivity contribution is 6.29. The molecule has 1 unspecified atom stereocenters. The van der Waals surface area contributed by atoms with Crippen molar-refractivity contribution >= 4 is 23.4 Å². The summed E-state index contributed by atoms with van der Waals surface area (Å²) in [6, 6.07) is -0.630. The van der Waals surface area contributed by atoms with Gasteiger partial charge in [0.2, 0.25) is 5.91 Å². The summed E-state index contributed by atoms with van der Waals surface area (Å²) in [5.41, 5.74) is 0.111. The molecule has 0 aliphatic carbocycles. The van der Waals surface area contributed by atoms with Crippen molar-refractivity contribution in [2.45, 2.75) is 13.0 Å². The van der Waals surface area contributed by atoms with Gasteiger partial charge in [-0.15, -0.1) is 0 Å². The van der Waals surface area contributed by atoms with Crippen LogP contribution in [0.3, 0.4) is 0 Å². The SMILES string of the molecule is CNC(=O)C(C)NC(=O)c1cnc(Cl)cn1. The number of carbonyl (C=O) groups excluding carboxylic acids is 2. The van der Waals surface area contributed by atoms with E-state index < -0.39 is 11.9 Å². The van der Waals surface area contributed by atoms with Crippen molar-refractivity contribution in [2.24, 2.45) is 0 Å². The average Bonchev–Trinajstić information content (AvgIpc) is 2.28. The molecule has 1 heterocycles. The maximum Gasteiger partial charge on any atom is 0.272 e. The molecule has 16 heavy (non-hydrogen) atoms. The van der Waals surface area contributed by atoms with Gasteiger partial charge in [-0.05, 0) is 6.92 Å². The number of halogens is 1. The van der Waals surface area contributed by atoms with Gasteiger partial charge in [-0.1, -0.05) is 11.6 Å². The number of nitrogens with one attached hydrogen (secondary N) is 2. The molecule has 1 aromatic heterocycles. The second kappa shape index (κ2) is 5.41. The predicted octanol–water partition coefficient (Wildman–Crippen LogP) is -0.00570. The van der Waals surface area contributed by atoms with Gasteiger partial charge < -0.3 is 10.6 Å². The van der Waals surface area contributed by atoms with Crippen LogP contribution in [0.1, 0.15) is 17.4 Å². The Morgan fingerprint density at radius 3 is 2.56 bits per heavy atom. The van der Waals surface area contributed by atoms with Crippen molar-refractivity contribution in [2.75, 3.05) is 7.05 Å². The Hall–Kier alpha value is -1.69. The van der Waals surface area contributed by atoms with E-state index in [2.05, 4.69) is 20.6 Å². The quantitative estimate of drug-likeness (QED) is 0.781. The number of likely N-dealkylation sites (N-methyl/N-ethyl adjacent to an activating group) is 1. The number of nitrogens with zero attached hydrogens (tertiary/aromatic N) is 2. The summed E-state index contributed by atoms with van der Waals surface area (Å²) in [6.45, 7) is 1.57. The Morgan fingerprint density at radius 2 is 2.06 bits per heavy atom. The van der Waals surface area contributed by atoms with Gasteiger partial charge in [0.1, 0.15) is 16.9 Å². The number of hydrogen-bond donors (Lipinski definition) is 2. The van der Waals surface area contributed by atoms with Crippen molar-refractivity contribution in [3.05, 3.63) is 23.2 Å². The molecular weight excluding hydrogens is 232 g/mol. The Morgan fingerprint density at radius 1 is 1.38 bits per heavy atom. The Bertz CT molecular complexity index is 393. The van der Waals surface area contributed by atoms with E-state index in [9.17, 15) is 9.59 Å². The summed E-state index contributed by atoms with van der Waals surface area (Å²) in [5.74, 6) is -0.754. The van der Waals surface area contributed by atoms with E-state index in [0.29, 0.717) is 0 Å². The van der Waals surface area contributed by atoms with E-state index in [1.807, 2.05) is 0 Å². The number of hydrogen-bond acceptors (Lipinski definition) is 4. The Kier molecular flexibility index (Phi) is 4.19. The van der Waals surface area contributed by atoms with Crippen LogP contribution < -0.4 is 10.6 Å². The molecule has 0 saturated heterocycles. The van der Waals surface area contributed by atoms with Crippen LogP contribution >= 0.6 is 11.6 Å². The van der Waals surface area contributed by atoms with Crippen molar-refractivity contribution in [3.8, 4) is 0 Å². The minimum atomic E-state index is -0.630. The maximum atomic E-state index is 11.6. The molecule has 0 aliphatic rings. The van der Waals surface area contributed by atoms with Crippen LogP contribution in [0.15, 0.2) is 12.4 Å². The van der Waals surface area contributed by atoms with Crippen molar-refractivity contribution in [1.29, 1.82) is 0 Å². The third-order valence-electron chi connectivity index (χ3n) is 1.84. The van der Waals surface area contributed by atoms with Gasteiger partial charge in [-0.25, -0.2) is 9.97 Å². The summed E-state index contributed by atoms with van der Waals surface area (Å²) >= 11 is 5.53. The molecule has 0 radical (unpaired) electrons. The summed E-state index contributed by atoms with van der Waals surface area (Å²) in [7, 11) is 1.49. The van der Waals surface area contributed by atoms with Crippen LogP contribution in [-0.2, 0) is 4.79 Å². The first-order valence-electron chi connectivity index (χ1n) is 4.54. The zero-order valence-electron chi connectivity index (χ0n) is 8.82. The molecule has 6 nitrogen and oxygen atoms in total. The smallest absolute Gasteiger partial charge is 0.272 e. The standard InChI is InChI=1S/C9H11ClN4O2/c1-5(8(15)11-2)14-9(16)6-3-13-7(10)4-12-6/h3-5H,1-2H3,(H,11,15)(H,14,16). The highest BCUT2D eigenvalue weighted by Crippen LogP contribution is 2.01. The van der Waals surface area contributed by atoms with E-state index in [1.165, 1.54) is 19.4 Å². The second-order valence-corrected chi connectivity index (χ2v) is 3.42. The van der Waals surface area contributed by atoms with E-state index in [1.54, 1.807) is 6.92 Å². The van der Waals surface area contributed by atoms with Gasteiger partial charge in [-0.3, -0.25) is 9.59 Å². The molecule has 0 aromatic carbocycles. The minimum Gasteiger partial charge on any atom is -0.357 e. The highest BCUT2D eigenvalue weighted by atomic mass is 35.5. The minimum absolute atomic E-state index is 0.111. The van der Waals surface area contributed by atoms with Gasteiger partial charge in [0.25, 0.3) is 5.91 Å². The molecule has 2 N–H and O–H groups in total. The van der Waals surface area contributed by atoms with E-state index in [0.717, 1.165) is 0 Å². The zero-order chi connectivity index (χ0) is 12.1. The first-order chi connectivity index (χ1) is 7.54. The fourth-order valence-corrected chi connectivity index (χ4v) is 1.08. The topological polar surface area (TPSA) is 84.0 Å². The van der Waals surface area contributed by atoms with Gasteiger partial charge in [0, 0.05) is 7.05 Å². The first kappa shape index (κ1) is 12.4. The maximum absolute atomic E-state index is 11.6. The van der Waals surface area contributed by atoms with Crippen LogP contribution in [0.5, 0.6) is 0 Å². The molecule has 1 aromatic rings. The predicted molar refractivity (Wildman–Crippen MR) is 58.0 cm³/mol. The Labute approximate surface area is 97.4 Å². The second-order valence-electron chi connectivity index (χ2n) is 3.03. The molecule has 0 spiro atoms. The van der Waals surface area contributed by atoms with Crippen molar-refractivity contribution in [1.82, 2.24) is 20.6 Å². The summed E-state index contributed by atoms with van der Waals surface area (Å²) in [5, 5.41) is 5.09. The molecule has 1 atom stereocenters. The van der Waals surface area contributed by atoms with E-state index in [4.69, 9.17) is 11.6 Å². The average molecular weight is 243 g/mol. The van der Waals surface area contributed by atoms with E-state index in [-0.39, 0.29) is 16.8 Å². The zero-order valence-corrected chi connectivity index (χ0v) is 9.58. The third kappa shape index (κ3) is 3.16. The van der Waals surface area contributed by atoms with Gasteiger partial charge in [0.05, 0.1) is 12.4 Å². The lowest BCUT2D eigenvalue weighted by Gasteiger charge is -2.11. The fourth-order valence-electron chi connectivity index (χ4n) is 0.982. The molecule has 0 bridgehead atoms. The third-order valence-corrected chi connectivity index (χ3v) is 2.04. The van der Waals surface area contributed by atoms with Crippen LogP contribution in [0.4, 0.5) is 0 Å². The van der Waals surface area contributed by atoms with Gasteiger partial charge >= 0.3 is 0 Å². The molecule has 0 aliphatic heterocycles. The van der Waals surface area contributed by atoms with Crippen LogP contribution in [-0.4, -0.2) is 34.9 Å². The van der Waals surface area contributed by atoms with Crippen LogP contribution in [0, 0.1) is 0 Å². The summed E-state index contributed by atoms with van der Waals surface area (Å²) in [4.78, 5) is 30.2.